The van der Waals surface area contributed by atoms with E-state index in [1.54, 1.807) is 11.3 Å². The Bertz CT molecular complexity index is 1830. The van der Waals surface area contributed by atoms with Gasteiger partial charge in [0.15, 0.2) is 6.10 Å². The van der Waals surface area contributed by atoms with Crippen LogP contribution in [0.4, 0.5) is 0 Å². The van der Waals surface area contributed by atoms with Gasteiger partial charge in [0.2, 0.25) is 0 Å². The second kappa shape index (κ2) is 10.2. The zero-order valence-corrected chi connectivity index (χ0v) is 25.7. The maximum Gasteiger partial charge on any atom is 0.345 e. The van der Waals surface area contributed by atoms with E-state index in [4.69, 9.17) is 9.15 Å². The molecule has 4 aromatic carbocycles. The number of thiophene rings is 1. The van der Waals surface area contributed by atoms with Crippen molar-refractivity contribution in [1.82, 2.24) is 0 Å². The number of aliphatic carboxylic acids is 1. The Kier molecular flexibility index (Phi) is 6.86. The third-order valence-corrected chi connectivity index (χ3v) is 9.60. The molecule has 0 saturated heterocycles. The Morgan fingerprint density at radius 3 is 2.34 bits per heavy atom. The Labute approximate surface area is 250 Å². The average Bonchev–Trinajstić information content (AvgIpc) is 3.40. The minimum Gasteiger partial charge on any atom is -0.478 e. The van der Waals surface area contributed by atoms with Gasteiger partial charge in [-0.1, -0.05) is 48.5 Å². The van der Waals surface area contributed by atoms with E-state index in [9.17, 15) is 9.90 Å². The van der Waals surface area contributed by atoms with Gasteiger partial charge in [-0.25, -0.2) is 4.79 Å². The highest BCUT2D eigenvalue weighted by Crippen LogP contribution is 2.47. The van der Waals surface area contributed by atoms with Crippen LogP contribution in [0.25, 0.3) is 42.3 Å². The van der Waals surface area contributed by atoms with Gasteiger partial charge in [0.05, 0.1) is 7.14 Å². The molecule has 190 valence electrons. The third-order valence-electron chi connectivity index (χ3n) is 6.88. The summed E-state index contributed by atoms with van der Waals surface area (Å²) in [5, 5.41) is 13.5. The molecule has 6 rings (SSSR count). The number of aryl methyl sites for hydroxylation is 2. The summed E-state index contributed by atoms with van der Waals surface area (Å²) >= 11 is 6.29. The quantitative estimate of drug-likeness (QED) is 0.173. The molecule has 1 N–H and O–H groups in total. The van der Waals surface area contributed by atoms with Gasteiger partial charge in [-0.05, 0) is 100.0 Å². The van der Waals surface area contributed by atoms with Gasteiger partial charge in [0, 0.05) is 37.5 Å². The SMILES string of the molecule is Cc1oc2cc3sc4ccccc4c3c(-c3cc(I)c(OC(Cc4ccccc4)C(=O)O)c(I)c3)c2c1C. The number of carbonyl (C=O) groups is 1. The fourth-order valence-corrected chi connectivity index (χ4v) is 8.15. The maximum atomic E-state index is 12.1. The summed E-state index contributed by atoms with van der Waals surface area (Å²) < 4.78 is 16.5. The summed E-state index contributed by atoms with van der Waals surface area (Å²) in [6.45, 7) is 4.12. The lowest BCUT2D eigenvalue weighted by molar-refractivity contribution is -0.145. The Hall–Kier alpha value is -2.63. The Balaban J connectivity index is 1.52. The normalized spacial score (nSPS) is 12.4. The number of carboxylic acid groups (broad SMARTS) is 1. The van der Waals surface area contributed by atoms with Gasteiger partial charge in [-0.3, -0.25) is 0 Å². The third kappa shape index (κ3) is 4.48. The molecule has 2 aromatic heterocycles. The molecule has 7 heteroatoms. The van der Waals surface area contributed by atoms with Crippen LogP contribution in [0.15, 0.2) is 77.2 Å². The number of rotatable bonds is 6. The number of furan rings is 1. The lowest BCUT2D eigenvalue weighted by Gasteiger charge is -2.19. The summed E-state index contributed by atoms with van der Waals surface area (Å²) in [5.74, 6) is 0.528. The van der Waals surface area contributed by atoms with Crippen molar-refractivity contribution in [3.8, 4) is 16.9 Å². The molecule has 0 aliphatic carbocycles. The molecule has 0 amide bonds. The van der Waals surface area contributed by atoms with E-state index >= 15 is 0 Å². The molecule has 6 aromatic rings. The van der Waals surface area contributed by atoms with Gasteiger partial charge >= 0.3 is 5.97 Å². The summed E-state index contributed by atoms with van der Waals surface area (Å²) in [6, 6.07) is 24.4. The first-order valence-electron chi connectivity index (χ1n) is 12.1. The highest BCUT2D eigenvalue weighted by atomic mass is 127. The van der Waals surface area contributed by atoms with Crippen molar-refractivity contribution in [1.29, 1.82) is 0 Å². The van der Waals surface area contributed by atoms with Crippen molar-refractivity contribution < 1.29 is 19.1 Å². The molecule has 1 unspecified atom stereocenters. The Morgan fingerprint density at radius 2 is 1.63 bits per heavy atom. The highest BCUT2D eigenvalue weighted by Gasteiger charge is 2.25. The van der Waals surface area contributed by atoms with Crippen LogP contribution in [0.2, 0.25) is 0 Å². The predicted octanol–water partition coefficient (Wildman–Crippen LogP) is 9.37. The monoisotopic (exact) mass is 744 g/mol. The first kappa shape index (κ1) is 25.6. The minimum absolute atomic E-state index is 0.290. The fourth-order valence-electron chi connectivity index (χ4n) is 4.99. The van der Waals surface area contributed by atoms with Crippen LogP contribution in [0.5, 0.6) is 5.75 Å². The topological polar surface area (TPSA) is 59.7 Å². The number of halogens is 2. The van der Waals surface area contributed by atoms with Crippen molar-refractivity contribution in [3.63, 3.8) is 0 Å². The molecule has 0 fully saturated rings. The number of hydrogen-bond acceptors (Lipinski definition) is 4. The van der Waals surface area contributed by atoms with E-state index in [0.29, 0.717) is 12.2 Å². The smallest absolute Gasteiger partial charge is 0.345 e. The maximum absolute atomic E-state index is 12.1. The van der Waals surface area contributed by atoms with Crippen molar-refractivity contribution in [2.45, 2.75) is 26.4 Å². The zero-order valence-electron chi connectivity index (χ0n) is 20.5. The van der Waals surface area contributed by atoms with E-state index in [2.05, 4.69) is 94.6 Å². The molecule has 0 aliphatic rings. The molecule has 0 spiro atoms. The summed E-state index contributed by atoms with van der Waals surface area (Å²) in [6.07, 6.45) is -0.696. The standard InChI is InChI=1S/C31H22I2O4S/c1-16-17(2)36-23-15-26-29(20-10-6-7-11-25(20)38-26)28(27(16)23)19-13-21(32)30(22(33)14-19)37-24(31(34)35)12-18-8-4-3-5-9-18/h3-11,13-15,24H,12H2,1-2H3,(H,34,35). The van der Waals surface area contributed by atoms with Gasteiger partial charge in [0.1, 0.15) is 17.1 Å². The summed E-state index contributed by atoms with van der Waals surface area (Å²) in [5.41, 5.74) is 5.14. The largest absolute Gasteiger partial charge is 0.478 e. The molecule has 0 aliphatic heterocycles. The molecule has 0 bridgehead atoms. The summed E-state index contributed by atoms with van der Waals surface area (Å²) in [4.78, 5) is 12.1. The second-order valence-electron chi connectivity index (χ2n) is 9.28. The van der Waals surface area contributed by atoms with Crippen molar-refractivity contribution in [3.05, 3.63) is 96.8 Å². The van der Waals surface area contributed by atoms with Crippen LogP contribution in [0.3, 0.4) is 0 Å². The van der Waals surface area contributed by atoms with Crippen LogP contribution < -0.4 is 4.74 Å². The second-order valence-corrected chi connectivity index (χ2v) is 12.7. The van der Waals surface area contributed by atoms with Crippen LogP contribution in [0.1, 0.15) is 16.9 Å². The van der Waals surface area contributed by atoms with Crippen LogP contribution in [0, 0.1) is 21.0 Å². The highest BCUT2D eigenvalue weighted by molar-refractivity contribution is 14.1. The summed E-state index contributed by atoms with van der Waals surface area (Å²) in [7, 11) is 0. The lowest BCUT2D eigenvalue weighted by Crippen LogP contribution is -2.30. The molecule has 38 heavy (non-hydrogen) atoms. The van der Waals surface area contributed by atoms with Crippen molar-refractivity contribution >= 4 is 93.6 Å². The van der Waals surface area contributed by atoms with Crippen molar-refractivity contribution in [2.75, 3.05) is 0 Å². The van der Waals surface area contributed by atoms with E-state index in [0.717, 1.165) is 46.1 Å². The molecule has 0 radical (unpaired) electrons. The van der Waals surface area contributed by atoms with Crippen LogP contribution >= 0.6 is 56.5 Å². The molecule has 4 nitrogen and oxygen atoms in total. The molecule has 0 saturated carbocycles. The van der Waals surface area contributed by atoms with E-state index in [1.807, 2.05) is 37.3 Å². The predicted molar refractivity (Wildman–Crippen MR) is 172 cm³/mol. The number of carboxylic acids is 1. The number of fused-ring (bicyclic) bond motifs is 4. The molecular weight excluding hydrogens is 722 g/mol. The molecule has 1 atom stereocenters. The number of benzene rings is 4. The van der Waals surface area contributed by atoms with E-state index < -0.39 is 12.1 Å². The van der Waals surface area contributed by atoms with Crippen LogP contribution in [-0.4, -0.2) is 17.2 Å². The Morgan fingerprint density at radius 1 is 0.947 bits per heavy atom. The van der Waals surface area contributed by atoms with Gasteiger partial charge in [-0.15, -0.1) is 11.3 Å². The first-order chi connectivity index (χ1) is 18.3. The van der Waals surface area contributed by atoms with Gasteiger partial charge in [-0.2, -0.15) is 0 Å². The first-order valence-corrected chi connectivity index (χ1v) is 15.1. The fraction of sp³-hybridized carbons (Fsp3) is 0.129. The average molecular weight is 744 g/mol. The molecule has 2 heterocycles. The van der Waals surface area contributed by atoms with E-state index in [1.165, 1.54) is 20.2 Å². The minimum atomic E-state index is -0.986. The lowest BCUT2D eigenvalue weighted by atomic mass is 9.94. The molecular formula is C31H22I2O4S. The van der Waals surface area contributed by atoms with E-state index in [-0.39, 0.29) is 0 Å². The van der Waals surface area contributed by atoms with Crippen molar-refractivity contribution in [2.24, 2.45) is 0 Å². The number of ether oxygens (including phenoxy) is 1. The van der Waals surface area contributed by atoms with Crippen LogP contribution in [-0.2, 0) is 11.2 Å². The van der Waals surface area contributed by atoms with Gasteiger partial charge in [0.25, 0.3) is 0 Å². The van der Waals surface area contributed by atoms with Gasteiger partial charge < -0.3 is 14.3 Å². The number of hydrogen-bond donors (Lipinski definition) is 1. The zero-order chi connectivity index (χ0) is 26.6.